The third-order valence-electron chi connectivity index (χ3n) is 4.20. The Morgan fingerprint density at radius 1 is 1.06 bits per heavy atom. The van der Waals surface area contributed by atoms with Gasteiger partial charge in [-0.1, -0.05) is 38.1 Å². The lowest BCUT2D eigenvalue weighted by Crippen LogP contribution is -2.26. The molecule has 1 heterocycles. The molecule has 0 bridgehead atoms. The number of rotatable bonds is 4. The molecule has 0 saturated carbocycles. The molecule has 1 aromatic carbocycles. The van der Waals surface area contributed by atoms with Crippen LogP contribution in [0, 0.1) is 0 Å². The fourth-order valence-corrected chi connectivity index (χ4v) is 2.96. The van der Waals surface area contributed by atoms with Gasteiger partial charge >= 0.3 is 0 Å². The number of hydrogen-bond donors (Lipinski definition) is 1. The van der Waals surface area contributed by atoms with Crippen molar-refractivity contribution in [1.29, 1.82) is 0 Å². The van der Waals surface area contributed by atoms with Crippen LogP contribution in [0.3, 0.4) is 0 Å². The van der Waals surface area contributed by atoms with E-state index in [4.69, 9.17) is 0 Å². The Balaban J connectivity index is 2.06. The SMILES string of the molecule is CCC(CC)c1ccc(C2CCNCC2)cc1. The third kappa shape index (κ3) is 3.10. The molecular formula is C16H25N. The number of hydrogen-bond acceptors (Lipinski definition) is 1. The molecule has 1 nitrogen and oxygen atoms in total. The van der Waals surface area contributed by atoms with Gasteiger partial charge in [-0.25, -0.2) is 0 Å². The number of piperidine rings is 1. The lowest BCUT2D eigenvalue weighted by Gasteiger charge is -2.23. The average molecular weight is 231 g/mol. The van der Waals surface area contributed by atoms with Gasteiger partial charge < -0.3 is 5.32 Å². The fourth-order valence-electron chi connectivity index (χ4n) is 2.96. The summed E-state index contributed by atoms with van der Waals surface area (Å²) in [5.74, 6) is 1.53. The average Bonchev–Trinajstić information content (AvgIpc) is 2.42. The first-order chi connectivity index (χ1) is 8.35. The van der Waals surface area contributed by atoms with Crippen molar-refractivity contribution in [3.8, 4) is 0 Å². The van der Waals surface area contributed by atoms with Crippen LogP contribution < -0.4 is 5.32 Å². The molecule has 1 aliphatic rings. The van der Waals surface area contributed by atoms with E-state index in [1.54, 1.807) is 5.56 Å². The molecule has 17 heavy (non-hydrogen) atoms. The normalized spacial score (nSPS) is 17.6. The standard InChI is InChI=1S/C16H25N/c1-3-13(4-2)14-5-7-15(8-6-14)16-9-11-17-12-10-16/h5-8,13,16-17H,3-4,9-12H2,1-2H3. The molecule has 0 aliphatic carbocycles. The Bertz CT molecular complexity index is 318. The van der Waals surface area contributed by atoms with Crippen molar-refractivity contribution in [2.24, 2.45) is 0 Å². The molecule has 1 aromatic rings. The highest BCUT2D eigenvalue weighted by atomic mass is 14.9. The van der Waals surface area contributed by atoms with Crippen LogP contribution in [0.2, 0.25) is 0 Å². The topological polar surface area (TPSA) is 12.0 Å². The summed E-state index contributed by atoms with van der Waals surface area (Å²) in [6.07, 6.45) is 5.10. The van der Waals surface area contributed by atoms with Crippen LogP contribution in [0.1, 0.15) is 62.5 Å². The minimum Gasteiger partial charge on any atom is -0.317 e. The van der Waals surface area contributed by atoms with Crippen molar-refractivity contribution in [2.45, 2.75) is 51.4 Å². The van der Waals surface area contributed by atoms with Crippen molar-refractivity contribution < 1.29 is 0 Å². The molecule has 0 spiro atoms. The van der Waals surface area contributed by atoms with E-state index in [1.807, 2.05) is 0 Å². The van der Waals surface area contributed by atoms with E-state index in [0.717, 1.165) is 11.8 Å². The number of nitrogens with one attached hydrogen (secondary N) is 1. The van der Waals surface area contributed by atoms with E-state index in [2.05, 4.69) is 43.4 Å². The van der Waals surface area contributed by atoms with Gasteiger partial charge in [0.05, 0.1) is 0 Å². The summed E-state index contributed by atoms with van der Waals surface area (Å²) in [5.41, 5.74) is 3.06. The summed E-state index contributed by atoms with van der Waals surface area (Å²) in [5, 5.41) is 3.43. The zero-order valence-corrected chi connectivity index (χ0v) is 11.2. The molecule has 1 heteroatoms. The van der Waals surface area contributed by atoms with Crippen LogP contribution in [0.4, 0.5) is 0 Å². The quantitative estimate of drug-likeness (QED) is 0.824. The second-order valence-electron chi connectivity index (χ2n) is 5.20. The van der Waals surface area contributed by atoms with Crippen LogP contribution in [-0.4, -0.2) is 13.1 Å². The van der Waals surface area contributed by atoms with E-state index in [0.29, 0.717) is 0 Å². The van der Waals surface area contributed by atoms with Crippen LogP contribution in [0.5, 0.6) is 0 Å². The second-order valence-corrected chi connectivity index (χ2v) is 5.20. The van der Waals surface area contributed by atoms with E-state index >= 15 is 0 Å². The highest BCUT2D eigenvalue weighted by molar-refractivity contribution is 5.28. The first-order valence-electron chi connectivity index (χ1n) is 7.15. The molecule has 1 fully saturated rings. The van der Waals surface area contributed by atoms with Gasteiger partial charge in [-0.3, -0.25) is 0 Å². The maximum absolute atomic E-state index is 3.43. The van der Waals surface area contributed by atoms with Gasteiger partial charge in [0.2, 0.25) is 0 Å². The van der Waals surface area contributed by atoms with E-state index in [-0.39, 0.29) is 0 Å². The Kier molecular flexibility index (Phi) is 4.61. The lowest BCUT2D eigenvalue weighted by atomic mass is 9.87. The summed E-state index contributed by atoms with van der Waals surface area (Å²) in [6, 6.07) is 9.44. The summed E-state index contributed by atoms with van der Waals surface area (Å²) in [6.45, 7) is 6.93. The van der Waals surface area contributed by atoms with E-state index < -0.39 is 0 Å². The molecule has 1 aliphatic heterocycles. The largest absolute Gasteiger partial charge is 0.317 e. The van der Waals surface area contributed by atoms with Crippen LogP contribution in [0.15, 0.2) is 24.3 Å². The Hall–Kier alpha value is -0.820. The molecule has 1 saturated heterocycles. The minimum atomic E-state index is 0.747. The Morgan fingerprint density at radius 3 is 2.18 bits per heavy atom. The second kappa shape index (κ2) is 6.20. The third-order valence-corrected chi connectivity index (χ3v) is 4.20. The smallest absolute Gasteiger partial charge is 0.00431 e. The van der Waals surface area contributed by atoms with Crippen LogP contribution in [0.25, 0.3) is 0 Å². The summed E-state index contributed by atoms with van der Waals surface area (Å²) < 4.78 is 0. The van der Waals surface area contributed by atoms with Gasteiger partial charge in [0.25, 0.3) is 0 Å². The van der Waals surface area contributed by atoms with Crippen molar-refractivity contribution in [1.82, 2.24) is 5.32 Å². The molecule has 0 aromatic heterocycles. The van der Waals surface area contributed by atoms with Crippen molar-refractivity contribution in [2.75, 3.05) is 13.1 Å². The van der Waals surface area contributed by atoms with E-state index in [1.165, 1.54) is 44.3 Å². The molecule has 2 rings (SSSR count). The predicted molar refractivity (Wildman–Crippen MR) is 74.6 cm³/mol. The first kappa shape index (κ1) is 12.6. The highest BCUT2D eigenvalue weighted by Crippen LogP contribution is 2.28. The summed E-state index contributed by atoms with van der Waals surface area (Å²) in [7, 11) is 0. The Labute approximate surface area is 106 Å². The molecular weight excluding hydrogens is 206 g/mol. The van der Waals surface area contributed by atoms with Gasteiger partial charge in [0.15, 0.2) is 0 Å². The Morgan fingerprint density at radius 2 is 1.65 bits per heavy atom. The zero-order valence-electron chi connectivity index (χ0n) is 11.2. The van der Waals surface area contributed by atoms with Crippen molar-refractivity contribution >= 4 is 0 Å². The first-order valence-corrected chi connectivity index (χ1v) is 7.15. The highest BCUT2D eigenvalue weighted by Gasteiger charge is 2.15. The molecule has 0 amide bonds. The predicted octanol–water partition coefficient (Wildman–Crippen LogP) is 4.06. The fraction of sp³-hybridized carbons (Fsp3) is 0.625. The molecule has 94 valence electrons. The summed E-state index contributed by atoms with van der Waals surface area (Å²) in [4.78, 5) is 0. The maximum Gasteiger partial charge on any atom is -0.00431 e. The minimum absolute atomic E-state index is 0.747. The van der Waals surface area contributed by atoms with Gasteiger partial charge in [0.1, 0.15) is 0 Å². The maximum atomic E-state index is 3.43. The number of benzene rings is 1. The molecule has 0 radical (unpaired) electrons. The van der Waals surface area contributed by atoms with Gasteiger partial charge in [-0.2, -0.15) is 0 Å². The van der Waals surface area contributed by atoms with E-state index in [9.17, 15) is 0 Å². The summed E-state index contributed by atoms with van der Waals surface area (Å²) >= 11 is 0. The molecule has 0 unspecified atom stereocenters. The van der Waals surface area contributed by atoms with Crippen LogP contribution in [-0.2, 0) is 0 Å². The molecule has 0 atom stereocenters. The van der Waals surface area contributed by atoms with Gasteiger partial charge in [-0.05, 0) is 61.7 Å². The van der Waals surface area contributed by atoms with Gasteiger partial charge in [0, 0.05) is 0 Å². The van der Waals surface area contributed by atoms with Crippen molar-refractivity contribution in [3.05, 3.63) is 35.4 Å². The molecule has 1 N–H and O–H groups in total. The van der Waals surface area contributed by atoms with Crippen LogP contribution >= 0.6 is 0 Å². The van der Waals surface area contributed by atoms with Crippen molar-refractivity contribution in [3.63, 3.8) is 0 Å². The monoisotopic (exact) mass is 231 g/mol. The zero-order chi connectivity index (χ0) is 12.1. The lowest BCUT2D eigenvalue weighted by molar-refractivity contribution is 0.460. The van der Waals surface area contributed by atoms with Gasteiger partial charge in [-0.15, -0.1) is 0 Å².